The van der Waals surface area contributed by atoms with Crippen LogP contribution in [0.2, 0.25) is 0 Å². The Hall–Kier alpha value is -2.66. The van der Waals surface area contributed by atoms with Crippen LogP contribution in [0.15, 0.2) is 48.5 Å². The standard InChI is InChI=1S/C17H14N2O3/c1-19-13-9-5-2-6-10(13)14(15(19)20)17(22)11-7-3-4-8-12(11)18-16(17)21/h2-9,14,22H,1H3,(H,18,21). The molecule has 22 heavy (non-hydrogen) atoms. The predicted molar refractivity (Wildman–Crippen MR) is 81.6 cm³/mol. The smallest absolute Gasteiger partial charge is 0.262 e. The van der Waals surface area contributed by atoms with E-state index in [0.29, 0.717) is 16.8 Å². The highest BCUT2D eigenvalue weighted by molar-refractivity contribution is 6.14. The summed E-state index contributed by atoms with van der Waals surface area (Å²) >= 11 is 0. The number of aliphatic hydroxyl groups is 1. The molecule has 0 aromatic heterocycles. The molecule has 0 saturated heterocycles. The van der Waals surface area contributed by atoms with Gasteiger partial charge in [0.25, 0.3) is 5.91 Å². The van der Waals surface area contributed by atoms with Crippen molar-refractivity contribution >= 4 is 23.2 Å². The molecule has 0 saturated carbocycles. The maximum atomic E-state index is 12.7. The molecule has 2 unspecified atom stereocenters. The van der Waals surface area contributed by atoms with Crippen LogP contribution in [0.4, 0.5) is 11.4 Å². The Labute approximate surface area is 127 Å². The summed E-state index contributed by atoms with van der Waals surface area (Å²) in [5.74, 6) is -1.77. The minimum atomic E-state index is -1.88. The minimum Gasteiger partial charge on any atom is -0.374 e. The summed E-state index contributed by atoms with van der Waals surface area (Å²) in [6.07, 6.45) is 0. The maximum Gasteiger partial charge on any atom is 0.262 e. The molecule has 2 heterocycles. The van der Waals surface area contributed by atoms with Crippen molar-refractivity contribution in [2.24, 2.45) is 0 Å². The number of hydrogen-bond acceptors (Lipinski definition) is 3. The van der Waals surface area contributed by atoms with Crippen LogP contribution in [0.3, 0.4) is 0 Å². The fourth-order valence-electron chi connectivity index (χ4n) is 3.44. The van der Waals surface area contributed by atoms with Gasteiger partial charge >= 0.3 is 0 Å². The van der Waals surface area contributed by atoms with Crippen molar-refractivity contribution in [1.82, 2.24) is 0 Å². The topological polar surface area (TPSA) is 69.6 Å². The quantitative estimate of drug-likeness (QED) is 0.839. The van der Waals surface area contributed by atoms with Crippen molar-refractivity contribution < 1.29 is 14.7 Å². The van der Waals surface area contributed by atoms with E-state index in [9.17, 15) is 14.7 Å². The number of nitrogens with one attached hydrogen (secondary N) is 1. The Kier molecular flexibility index (Phi) is 2.47. The molecule has 0 radical (unpaired) electrons. The van der Waals surface area contributed by atoms with E-state index >= 15 is 0 Å². The lowest BCUT2D eigenvalue weighted by molar-refractivity contribution is -0.142. The first-order valence-corrected chi connectivity index (χ1v) is 7.05. The molecule has 2 amide bonds. The van der Waals surface area contributed by atoms with Gasteiger partial charge in [-0.2, -0.15) is 0 Å². The van der Waals surface area contributed by atoms with Crippen LogP contribution >= 0.6 is 0 Å². The fraction of sp³-hybridized carbons (Fsp3) is 0.176. The molecule has 4 rings (SSSR count). The van der Waals surface area contributed by atoms with Gasteiger partial charge < -0.3 is 15.3 Å². The number of nitrogens with zero attached hydrogens (tertiary/aromatic N) is 1. The summed E-state index contributed by atoms with van der Waals surface area (Å²) in [7, 11) is 1.66. The van der Waals surface area contributed by atoms with E-state index in [4.69, 9.17) is 0 Å². The van der Waals surface area contributed by atoms with Crippen molar-refractivity contribution in [3.05, 3.63) is 59.7 Å². The van der Waals surface area contributed by atoms with Crippen LogP contribution < -0.4 is 10.2 Å². The van der Waals surface area contributed by atoms with E-state index in [1.807, 2.05) is 12.1 Å². The minimum absolute atomic E-state index is 0.282. The highest BCUT2D eigenvalue weighted by atomic mass is 16.3. The summed E-state index contributed by atoms with van der Waals surface area (Å²) in [4.78, 5) is 26.7. The summed E-state index contributed by atoms with van der Waals surface area (Å²) < 4.78 is 0. The largest absolute Gasteiger partial charge is 0.374 e. The van der Waals surface area contributed by atoms with Gasteiger partial charge in [-0.3, -0.25) is 9.59 Å². The second kappa shape index (κ2) is 4.18. The first kappa shape index (κ1) is 13.0. The van der Waals surface area contributed by atoms with E-state index in [-0.39, 0.29) is 5.91 Å². The van der Waals surface area contributed by atoms with Crippen molar-refractivity contribution in [2.45, 2.75) is 11.5 Å². The molecule has 0 spiro atoms. The molecule has 110 valence electrons. The highest BCUT2D eigenvalue weighted by Crippen LogP contribution is 2.50. The molecular formula is C17H14N2O3. The Balaban J connectivity index is 1.96. The van der Waals surface area contributed by atoms with Gasteiger partial charge in [0.15, 0.2) is 5.60 Å². The molecule has 2 N–H and O–H groups in total. The van der Waals surface area contributed by atoms with Crippen LogP contribution in [-0.2, 0) is 15.2 Å². The van der Waals surface area contributed by atoms with E-state index < -0.39 is 17.4 Å². The van der Waals surface area contributed by atoms with E-state index in [0.717, 1.165) is 5.69 Å². The van der Waals surface area contributed by atoms with Crippen molar-refractivity contribution in [1.29, 1.82) is 0 Å². The molecule has 0 aliphatic carbocycles. The van der Waals surface area contributed by atoms with Crippen LogP contribution in [0.25, 0.3) is 0 Å². The third-order valence-corrected chi connectivity index (χ3v) is 4.54. The third kappa shape index (κ3) is 1.41. The first-order chi connectivity index (χ1) is 10.5. The molecule has 2 aromatic rings. The number of rotatable bonds is 1. The zero-order chi connectivity index (χ0) is 15.5. The van der Waals surface area contributed by atoms with Crippen LogP contribution in [0.1, 0.15) is 17.0 Å². The average molecular weight is 294 g/mol. The number of amides is 2. The van der Waals surface area contributed by atoms with E-state index in [1.54, 1.807) is 43.4 Å². The monoisotopic (exact) mass is 294 g/mol. The predicted octanol–water partition coefficient (Wildman–Crippen LogP) is 1.59. The lowest BCUT2D eigenvalue weighted by Crippen LogP contribution is -2.44. The average Bonchev–Trinajstić information content (AvgIpc) is 2.94. The van der Waals surface area contributed by atoms with Crippen molar-refractivity contribution in [2.75, 3.05) is 17.3 Å². The molecule has 5 heteroatoms. The summed E-state index contributed by atoms with van der Waals surface area (Å²) in [5.41, 5.74) is 0.514. The third-order valence-electron chi connectivity index (χ3n) is 4.54. The van der Waals surface area contributed by atoms with Crippen molar-refractivity contribution in [3.8, 4) is 0 Å². The summed E-state index contributed by atoms with van der Waals surface area (Å²) in [5, 5.41) is 13.9. The van der Waals surface area contributed by atoms with Gasteiger partial charge in [0.05, 0.1) is 0 Å². The number of anilines is 2. The van der Waals surface area contributed by atoms with Crippen molar-refractivity contribution in [3.63, 3.8) is 0 Å². The van der Waals surface area contributed by atoms with E-state index in [1.165, 1.54) is 4.90 Å². The second-order valence-corrected chi connectivity index (χ2v) is 5.66. The zero-order valence-electron chi connectivity index (χ0n) is 11.9. The number of benzene rings is 2. The van der Waals surface area contributed by atoms with Gasteiger partial charge in [-0.15, -0.1) is 0 Å². The maximum absolute atomic E-state index is 12.7. The van der Waals surface area contributed by atoms with Gasteiger partial charge in [0, 0.05) is 24.0 Å². The number of fused-ring (bicyclic) bond motifs is 2. The van der Waals surface area contributed by atoms with Gasteiger partial charge in [-0.25, -0.2) is 0 Å². The Bertz CT molecular complexity index is 817. The van der Waals surface area contributed by atoms with Crippen LogP contribution in [0, 0.1) is 0 Å². The molecule has 2 aliphatic heterocycles. The van der Waals surface area contributed by atoms with Gasteiger partial charge in [0.2, 0.25) is 5.91 Å². The zero-order valence-corrected chi connectivity index (χ0v) is 11.9. The molecule has 2 atom stereocenters. The number of carbonyl (C=O) groups is 2. The summed E-state index contributed by atoms with van der Waals surface area (Å²) in [6.45, 7) is 0. The number of hydrogen-bond donors (Lipinski definition) is 2. The molecule has 0 fully saturated rings. The Morgan fingerprint density at radius 2 is 1.77 bits per heavy atom. The number of carbonyl (C=O) groups excluding carboxylic acids is 2. The Morgan fingerprint density at radius 3 is 2.59 bits per heavy atom. The highest BCUT2D eigenvalue weighted by Gasteiger charge is 2.58. The van der Waals surface area contributed by atoms with Gasteiger partial charge in [-0.1, -0.05) is 36.4 Å². The van der Waals surface area contributed by atoms with E-state index in [2.05, 4.69) is 5.32 Å². The lowest BCUT2D eigenvalue weighted by Gasteiger charge is -2.27. The molecule has 2 aliphatic rings. The number of likely N-dealkylation sites (N-methyl/N-ethyl adjacent to an activating group) is 1. The second-order valence-electron chi connectivity index (χ2n) is 5.66. The SMILES string of the molecule is CN1C(=O)C(C2(O)C(=O)Nc3ccccc32)c2ccccc21. The Morgan fingerprint density at radius 1 is 1.09 bits per heavy atom. The normalized spacial score (nSPS) is 25.9. The van der Waals surface area contributed by atoms with Gasteiger partial charge in [0.1, 0.15) is 5.92 Å². The van der Waals surface area contributed by atoms with Crippen LogP contribution in [0.5, 0.6) is 0 Å². The number of para-hydroxylation sites is 2. The van der Waals surface area contributed by atoms with Crippen LogP contribution in [-0.4, -0.2) is 24.0 Å². The molecule has 0 bridgehead atoms. The lowest BCUT2D eigenvalue weighted by atomic mass is 9.78. The summed E-state index contributed by atoms with van der Waals surface area (Å²) in [6, 6.07) is 14.2. The fourth-order valence-corrected chi connectivity index (χ4v) is 3.44. The molecule has 2 aromatic carbocycles. The molecular weight excluding hydrogens is 280 g/mol. The molecule has 5 nitrogen and oxygen atoms in total. The van der Waals surface area contributed by atoms with Gasteiger partial charge in [-0.05, 0) is 17.7 Å². The first-order valence-electron chi connectivity index (χ1n) is 7.05.